The fraction of sp³-hybridized carbons (Fsp3) is 0.571. The van der Waals surface area contributed by atoms with Crippen LogP contribution < -0.4 is 14.8 Å². The summed E-state index contributed by atoms with van der Waals surface area (Å²) < 4.78 is 22.8. The smallest absolute Gasteiger partial charge is 0.161 e. The quantitative estimate of drug-likeness (QED) is 0.723. The van der Waals surface area contributed by atoms with Gasteiger partial charge in [0.15, 0.2) is 11.5 Å². The number of hydrogen-bond donors (Lipinski definition) is 1. The summed E-state index contributed by atoms with van der Waals surface area (Å²) in [5, 5.41) is 3.45. The minimum atomic E-state index is -0.356. The summed E-state index contributed by atoms with van der Waals surface area (Å²) in [6.07, 6.45) is 2.96. The highest BCUT2D eigenvalue weighted by atomic mass is 19.1. The summed E-state index contributed by atoms with van der Waals surface area (Å²) in [6.45, 7) is 0.867. The van der Waals surface area contributed by atoms with E-state index >= 15 is 0 Å². The van der Waals surface area contributed by atoms with Gasteiger partial charge in [0.05, 0.1) is 20.4 Å². The van der Waals surface area contributed by atoms with E-state index in [0.717, 1.165) is 12.1 Å². The Morgan fingerprint density at radius 2 is 2.17 bits per heavy atom. The van der Waals surface area contributed by atoms with Gasteiger partial charge in [-0.05, 0) is 30.5 Å². The number of halogens is 1. The van der Waals surface area contributed by atoms with Gasteiger partial charge in [-0.1, -0.05) is 6.07 Å². The van der Waals surface area contributed by atoms with Crippen LogP contribution in [0.15, 0.2) is 18.2 Å². The van der Waals surface area contributed by atoms with Crippen LogP contribution in [-0.4, -0.2) is 26.4 Å². The van der Waals surface area contributed by atoms with Gasteiger partial charge in [-0.15, -0.1) is 0 Å². The number of ether oxygens (including phenoxy) is 2. The van der Waals surface area contributed by atoms with E-state index in [9.17, 15) is 4.39 Å². The Bertz CT molecular complexity index is 380. The zero-order valence-corrected chi connectivity index (χ0v) is 10.7. The second-order valence-electron chi connectivity index (χ2n) is 4.53. The molecule has 1 aliphatic rings. The number of benzene rings is 1. The molecule has 100 valence electrons. The van der Waals surface area contributed by atoms with Gasteiger partial charge < -0.3 is 14.8 Å². The van der Waals surface area contributed by atoms with Crippen LogP contribution in [0.5, 0.6) is 11.5 Å². The lowest BCUT2D eigenvalue weighted by Crippen LogP contribution is -2.15. The molecular formula is C14H20FNO2. The predicted octanol–water partition coefficient (Wildman–Crippen LogP) is 2.69. The summed E-state index contributed by atoms with van der Waals surface area (Å²) in [5.74, 6) is 1.39. The Kier molecular flexibility index (Phi) is 4.81. The Morgan fingerprint density at radius 3 is 2.83 bits per heavy atom. The van der Waals surface area contributed by atoms with Crippen LogP contribution in [0.3, 0.4) is 0 Å². The molecule has 4 heteroatoms. The fourth-order valence-corrected chi connectivity index (χ4v) is 1.73. The normalized spacial score (nSPS) is 14.6. The lowest BCUT2D eigenvalue weighted by Gasteiger charge is -2.12. The maximum atomic E-state index is 12.1. The summed E-state index contributed by atoms with van der Waals surface area (Å²) in [5.41, 5.74) is 1.16. The van der Waals surface area contributed by atoms with Crippen LogP contribution in [0.2, 0.25) is 0 Å². The number of rotatable bonds is 8. The molecule has 0 amide bonds. The molecule has 1 saturated carbocycles. The van der Waals surface area contributed by atoms with Gasteiger partial charge in [0.1, 0.15) is 0 Å². The third kappa shape index (κ3) is 3.88. The van der Waals surface area contributed by atoms with Crippen LogP contribution in [-0.2, 0) is 6.54 Å². The molecule has 1 fully saturated rings. The molecule has 1 aromatic carbocycles. The SMILES string of the molecule is COc1ccc(CNC2CC2)cc1OCCCF. The van der Waals surface area contributed by atoms with Crippen LogP contribution in [0.1, 0.15) is 24.8 Å². The second kappa shape index (κ2) is 6.59. The van der Waals surface area contributed by atoms with Crippen molar-refractivity contribution in [1.29, 1.82) is 0 Å². The molecule has 0 atom stereocenters. The Balaban J connectivity index is 1.95. The molecule has 18 heavy (non-hydrogen) atoms. The first kappa shape index (κ1) is 13.1. The molecule has 2 rings (SSSR count). The minimum Gasteiger partial charge on any atom is -0.493 e. The number of alkyl halides is 1. The van der Waals surface area contributed by atoms with Crippen molar-refractivity contribution in [2.24, 2.45) is 0 Å². The van der Waals surface area contributed by atoms with Crippen molar-refractivity contribution in [3.05, 3.63) is 23.8 Å². The van der Waals surface area contributed by atoms with E-state index in [1.807, 2.05) is 18.2 Å². The highest BCUT2D eigenvalue weighted by Gasteiger charge is 2.20. The van der Waals surface area contributed by atoms with Crippen molar-refractivity contribution in [2.45, 2.75) is 31.8 Å². The van der Waals surface area contributed by atoms with Crippen molar-refractivity contribution in [3.8, 4) is 11.5 Å². The number of methoxy groups -OCH3 is 1. The van der Waals surface area contributed by atoms with E-state index < -0.39 is 0 Å². The lowest BCUT2D eigenvalue weighted by molar-refractivity contribution is 0.273. The molecule has 0 bridgehead atoms. The maximum Gasteiger partial charge on any atom is 0.161 e. The van der Waals surface area contributed by atoms with Crippen LogP contribution in [0, 0.1) is 0 Å². The van der Waals surface area contributed by atoms with E-state index in [0.29, 0.717) is 30.6 Å². The molecular weight excluding hydrogens is 233 g/mol. The van der Waals surface area contributed by atoms with Crippen molar-refractivity contribution < 1.29 is 13.9 Å². The van der Waals surface area contributed by atoms with Gasteiger partial charge in [-0.25, -0.2) is 0 Å². The maximum absolute atomic E-state index is 12.1. The first-order valence-corrected chi connectivity index (χ1v) is 6.42. The number of nitrogens with one attached hydrogen (secondary N) is 1. The van der Waals surface area contributed by atoms with Crippen LogP contribution >= 0.6 is 0 Å². The zero-order valence-electron chi connectivity index (χ0n) is 10.7. The third-order valence-electron chi connectivity index (χ3n) is 2.94. The zero-order chi connectivity index (χ0) is 12.8. The lowest BCUT2D eigenvalue weighted by atomic mass is 10.2. The summed E-state index contributed by atoms with van der Waals surface area (Å²) >= 11 is 0. The third-order valence-corrected chi connectivity index (χ3v) is 2.94. The molecule has 3 nitrogen and oxygen atoms in total. The molecule has 1 aliphatic carbocycles. The van der Waals surface area contributed by atoms with Crippen molar-refractivity contribution in [3.63, 3.8) is 0 Å². The molecule has 1 N–H and O–H groups in total. The first-order valence-electron chi connectivity index (χ1n) is 6.42. The van der Waals surface area contributed by atoms with Crippen molar-refractivity contribution >= 4 is 0 Å². The monoisotopic (exact) mass is 253 g/mol. The average molecular weight is 253 g/mol. The largest absolute Gasteiger partial charge is 0.493 e. The van der Waals surface area contributed by atoms with Crippen molar-refractivity contribution in [2.75, 3.05) is 20.4 Å². The molecule has 0 aromatic heterocycles. The second-order valence-corrected chi connectivity index (χ2v) is 4.53. The van der Waals surface area contributed by atoms with Gasteiger partial charge in [-0.3, -0.25) is 4.39 Å². The van der Waals surface area contributed by atoms with Gasteiger partial charge in [0.25, 0.3) is 0 Å². The standard InChI is InChI=1S/C14H20FNO2/c1-17-13-6-3-11(10-16-12-4-5-12)9-14(13)18-8-2-7-15/h3,6,9,12,16H,2,4-5,7-8,10H2,1H3. The topological polar surface area (TPSA) is 30.5 Å². The van der Waals surface area contributed by atoms with E-state index in [1.165, 1.54) is 12.8 Å². The Morgan fingerprint density at radius 1 is 1.33 bits per heavy atom. The molecule has 0 aliphatic heterocycles. The van der Waals surface area contributed by atoms with Crippen LogP contribution in [0.25, 0.3) is 0 Å². The minimum absolute atomic E-state index is 0.356. The molecule has 0 unspecified atom stereocenters. The molecule has 0 heterocycles. The number of hydrogen-bond acceptors (Lipinski definition) is 3. The summed E-state index contributed by atoms with van der Waals surface area (Å²) in [6, 6.07) is 6.57. The molecule has 1 aromatic rings. The van der Waals surface area contributed by atoms with Crippen molar-refractivity contribution in [1.82, 2.24) is 5.32 Å². The highest BCUT2D eigenvalue weighted by Crippen LogP contribution is 2.28. The Hall–Kier alpha value is -1.29. The summed E-state index contributed by atoms with van der Waals surface area (Å²) in [4.78, 5) is 0. The molecule has 0 radical (unpaired) electrons. The van der Waals surface area contributed by atoms with E-state index in [-0.39, 0.29) is 6.67 Å². The first-order chi connectivity index (χ1) is 8.83. The van der Waals surface area contributed by atoms with Gasteiger partial charge in [0.2, 0.25) is 0 Å². The van der Waals surface area contributed by atoms with E-state index in [1.54, 1.807) is 7.11 Å². The molecule has 0 saturated heterocycles. The van der Waals surface area contributed by atoms with E-state index in [2.05, 4.69) is 5.32 Å². The fourth-order valence-electron chi connectivity index (χ4n) is 1.73. The summed E-state index contributed by atoms with van der Waals surface area (Å²) in [7, 11) is 1.61. The van der Waals surface area contributed by atoms with E-state index in [4.69, 9.17) is 9.47 Å². The van der Waals surface area contributed by atoms with Gasteiger partial charge in [0, 0.05) is 19.0 Å². The highest BCUT2D eigenvalue weighted by molar-refractivity contribution is 5.43. The average Bonchev–Trinajstić information content (AvgIpc) is 3.21. The Labute approximate surface area is 107 Å². The van der Waals surface area contributed by atoms with Gasteiger partial charge >= 0.3 is 0 Å². The van der Waals surface area contributed by atoms with Gasteiger partial charge in [-0.2, -0.15) is 0 Å². The predicted molar refractivity (Wildman–Crippen MR) is 68.9 cm³/mol. The molecule has 0 spiro atoms. The van der Waals surface area contributed by atoms with Crippen LogP contribution in [0.4, 0.5) is 4.39 Å².